The number of carbonyl (C=O) groups is 1. The zero-order valence-electron chi connectivity index (χ0n) is 17.2. The van der Waals surface area contributed by atoms with Gasteiger partial charge in [0.15, 0.2) is 5.82 Å². The molecule has 2 heterocycles. The maximum atomic E-state index is 12.6. The summed E-state index contributed by atoms with van der Waals surface area (Å²) in [6, 6.07) is 7.29. The highest BCUT2D eigenvalue weighted by molar-refractivity contribution is 5.92. The number of carbonyl (C=O) groups excluding carboxylic acids is 1. The lowest BCUT2D eigenvalue weighted by Gasteiger charge is -2.17. The zero-order valence-corrected chi connectivity index (χ0v) is 17.2. The predicted octanol–water partition coefficient (Wildman–Crippen LogP) is 3.98. The van der Waals surface area contributed by atoms with Crippen LogP contribution >= 0.6 is 0 Å². The topological polar surface area (TPSA) is 81.4 Å². The number of nitrogens with one attached hydrogen (secondary N) is 1. The third-order valence-electron chi connectivity index (χ3n) is 5.75. The molecule has 1 saturated carbocycles. The van der Waals surface area contributed by atoms with Gasteiger partial charge in [-0.1, -0.05) is 19.3 Å². The molecule has 0 bridgehead atoms. The van der Waals surface area contributed by atoms with Crippen LogP contribution in [0.4, 0.5) is 5.69 Å². The largest absolute Gasteiger partial charge is 0.497 e. The zero-order chi connectivity index (χ0) is 20.4. The summed E-state index contributed by atoms with van der Waals surface area (Å²) in [5.74, 6) is 2.60. The van der Waals surface area contributed by atoms with Crippen LogP contribution in [0.3, 0.4) is 0 Å². The van der Waals surface area contributed by atoms with E-state index in [9.17, 15) is 4.79 Å². The first-order valence-electron chi connectivity index (χ1n) is 10.2. The summed E-state index contributed by atoms with van der Waals surface area (Å²) >= 11 is 0. The second-order valence-electron chi connectivity index (χ2n) is 7.73. The molecule has 29 heavy (non-hydrogen) atoms. The van der Waals surface area contributed by atoms with Gasteiger partial charge < -0.3 is 10.1 Å². The summed E-state index contributed by atoms with van der Waals surface area (Å²) < 4.78 is 6.95. The van der Waals surface area contributed by atoms with Gasteiger partial charge in [0.2, 0.25) is 5.91 Å². The normalized spacial score (nSPS) is 14.9. The van der Waals surface area contributed by atoms with E-state index in [2.05, 4.69) is 10.3 Å². The van der Waals surface area contributed by atoms with Crippen LogP contribution < -0.4 is 10.1 Å². The van der Waals surface area contributed by atoms with E-state index < -0.39 is 0 Å². The lowest BCUT2D eigenvalue weighted by atomic mass is 9.89. The van der Waals surface area contributed by atoms with Gasteiger partial charge in [-0.25, -0.2) is 9.50 Å². The number of methoxy groups -OCH3 is 1. The van der Waals surface area contributed by atoms with Gasteiger partial charge in [0.25, 0.3) is 5.78 Å². The van der Waals surface area contributed by atoms with Crippen molar-refractivity contribution in [2.24, 2.45) is 0 Å². The van der Waals surface area contributed by atoms with Crippen LogP contribution in [-0.4, -0.2) is 32.6 Å². The number of aryl methyl sites for hydroxylation is 2. The van der Waals surface area contributed by atoms with Crippen molar-refractivity contribution < 1.29 is 9.53 Å². The van der Waals surface area contributed by atoms with Crippen LogP contribution in [0.15, 0.2) is 24.3 Å². The SMILES string of the molecule is COc1ccc(NC(=O)Cc2c(C)nc3nc(C4CCCCC4)nn3c2C)cc1. The van der Waals surface area contributed by atoms with Gasteiger partial charge in [0.05, 0.1) is 13.5 Å². The maximum Gasteiger partial charge on any atom is 0.252 e. The Bertz CT molecular complexity index is 1020. The second-order valence-corrected chi connectivity index (χ2v) is 7.73. The minimum absolute atomic E-state index is 0.0878. The van der Waals surface area contributed by atoms with Crippen LogP contribution in [0.25, 0.3) is 5.78 Å². The number of hydrogen-bond donors (Lipinski definition) is 1. The number of fused-ring (bicyclic) bond motifs is 1. The van der Waals surface area contributed by atoms with E-state index in [1.165, 1.54) is 19.3 Å². The molecule has 1 aliphatic rings. The van der Waals surface area contributed by atoms with Gasteiger partial charge in [-0.2, -0.15) is 4.98 Å². The summed E-state index contributed by atoms with van der Waals surface area (Å²) in [6.45, 7) is 3.91. The highest BCUT2D eigenvalue weighted by Gasteiger charge is 2.22. The number of aromatic nitrogens is 4. The summed E-state index contributed by atoms with van der Waals surface area (Å²) in [7, 11) is 1.62. The van der Waals surface area contributed by atoms with Crippen molar-refractivity contribution >= 4 is 17.4 Å². The van der Waals surface area contributed by atoms with Crippen LogP contribution in [0.1, 0.15) is 60.8 Å². The van der Waals surface area contributed by atoms with Crippen molar-refractivity contribution in [1.82, 2.24) is 19.6 Å². The molecule has 1 aromatic carbocycles. The summed E-state index contributed by atoms with van der Waals surface area (Å²) in [5.41, 5.74) is 3.37. The van der Waals surface area contributed by atoms with Gasteiger partial charge in [-0.3, -0.25) is 4.79 Å². The molecule has 1 N–H and O–H groups in total. The number of amides is 1. The molecule has 4 rings (SSSR count). The van der Waals surface area contributed by atoms with Gasteiger partial charge >= 0.3 is 0 Å². The van der Waals surface area contributed by atoms with E-state index in [1.807, 2.05) is 38.1 Å². The Morgan fingerprint density at radius 3 is 2.55 bits per heavy atom. The number of ether oxygens (including phenoxy) is 1. The third-order valence-corrected chi connectivity index (χ3v) is 5.75. The van der Waals surface area contributed by atoms with Crippen LogP contribution in [0.5, 0.6) is 5.75 Å². The van der Waals surface area contributed by atoms with Gasteiger partial charge in [-0.05, 0) is 51.0 Å². The Balaban J connectivity index is 1.55. The average Bonchev–Trinajstić information content (AvgIpc) is 3.16. The number of nitrogens with zero attached hydrogens (tertiary/aromatic N) is 4. The summed E-state index contributed by atoms with van der Waals surface area (Å²) in [4.78, 5) is 21.9. The van der Waals surface area contributed by atoms with Crippen molar-refractivity contribution in [3.05, 3.63) is 47.0 Å². The summed E-state index contributed by atoms with van der Waals surface area (Å²) in [6.07, 6.45) is 6.31. The molecule has 0 atom stereocenters. The fraction of sp³-hybridized carbons (Fsp3) is 0.455. The number of benzene rings is 1. The Morgan fingerprint density at radius 2 is 1.86 bits per heavy atom. The average molecular weight is 393 g/mol. The molecular weight excluding hydrogens is 366 g/mol. The van der Waals surface area contributed by atoms with Crippen molar-refractivity contribution in [2.75, 3.05) is 12.4 Å². The molecule has 2 aromatic heterocycles. The first kappa shape index (κ1) is 19.4. The van der Waals surface area contributed by atoms with E-state index in [0.717, 1.165) is 47.1 Å². The Hall–Kier alpha value is -2.96. The van der Waals surface area contributed by atoms with Crippen LogP contribution in [-0.2, 0) is 11.2 Å². The molecular formula is C22H27N5O2. The van der Waals surface area contributed by atoms with Gasteiger partial charge in [0.1, 0.15) is 5.75 Å². The number of hydrogen-bond acceptors (Lipinski definition) is 5. The third kappa shape index (κ3) is 4.09. The quantitative estimate of drug-likeness (QED) is 0.709. The maximum absolute atomic E-state index is 12.6. The van der Waals surface area contributed by atoms with Crippen molar-refractivity contribution in [3.63, 3.8) is 0 Å². The molecule has 0 spiro atoms. The predicted molar refractivity (Wildman–Crippen MR) is 111 cm³/mol. The molecule has 1 fully saturated rings. The molecule has 0 radical (unpaired) electrons. The minimum Gasteiger partial charge on any atom is -0.497 e. The van der Waals surface area contributed by atoms with E-state index in [4.69, 9.17) is 14.8 Å². The van der Waals surface area contributed by atoms with E-state index in [0.29, 0.717) is 11.7 Å². The van der Waals surface area contributed by atoms with Crippen LogP contribution in [0.2, 0.25) is 0 Å². The molecule has 0 aliphatic heterocycles. The summed E-state index contributed by atoms with van der Waals surface area (Å²) in [5, 5.41) is 7.68. The van der Waals surface area contributed by atoms with Crippen molar-refractivity contribution in [3.8, 4) is 5.75 Å². The monoisotopic (exact) mass is 393 g/mol. The van der Waals surface area contributed by atoms with E-state index in [1.54, 1.807) is 11.6 Å². The van der Waals surface area contributed by atoms with Crippen molar-refractivity contribution in [2.45, 2.75) is 58.3 Å². The molecule has 1 amide bonds. The van der Waals surface area contributed by atoms with E-state index >= 15 is 0 Å². The Morgan fingerprint density at radius 1 is 1.14 bits per heavy atom. The lowest BCUT2D eigenvalue weighted by molar-refractivity contribution is -0.115. The minimum atomic E-state index is -0.0878. The number of anilines is 1. The van der Waals surface area contributed by atoms with Crippen LogP contribution in [0, 0.1) is 13.8 Å². The smallest absolute Gasteiger partial charge is 0.252 e. The molecule has 3 aromatic rings. The highest BCUT2D eigenvalue weighted by Crippen LogP contribution is 2.31. The lowest BCUT2D eigenvalue weighted by Crippen LogP contribution is -2.17. The first-order chi connectivity index (χ1) is 14.0. The van der Waals surface area contributed by atoms with Gasteiger partial charge in [0, 0.05) is 28.6 Å². The molecule has 1 aliphatic carbocycles. The first-order valence-corrected chi connectivity index (χ1v) is 10.2. The van der Waals surface area contributed by atoms with E-state index in [-0.39, 0.29) is 12.3 Å². The molecule has 0 unspecified atom stereocenters. The second kappa shape index (κ2) is 8.19. The van der Waals surface area contributed by atoms with Gasteiger partial charge in [-0.15, -0.1) is 5.10 Å². The standard InChI is InChI=1S/C22H27N5O2/c1-14-19(13-20(28)24-17-9-11-18(29-3)12-10-17)15(2)27-22(23-14)25-21(26-27)16-7-5-4-6-8-16/h9-12,16H,4-8,13H2,1-3H3,(H,24,28). The highest BCUT2D eigenvalue weighted by atomic mass is 16.5. The van der Waals surface area contributed by atoms with Crippen molar-refractivity contribution in [1.29, 1.82) is 0 Å². The molecule has 7 heteroatoms. The Labute approximate surface area is 170 Å². The molecule has 0 saturated heterocycles. The fourth-order valence-electron chi connectivity index (χ4n) is 4.05. The molecule has 7 nitrogen and oxygen atoms in total. The number of rotatable bonds is 5. The Kier molecular flexibility index (Phi) is 5.47. The fourth-order valence-corrected chi connectivity index (χ4v) is 4.05. The molecule has 152 valence electrons.